The maximum Gasteiger partial charge on any atom is 0.174 e. The second-order valence-corrected chi connectivity index (χ2v) is 4.27. The van der Waals surface area contributed by atoms with Crippen molar-refractivity contribution in [2.24, 2.45) is 0 Å². The number of nitriles is 1. The molecule has 4 heteroatoms. The summed E-state index contributed by atoms with van der Waals surface area (Å²) in [7, 11) is 0. The van der Waals surface area contributed by atoms with E-state index in [-0.39, 0.29) is 6.29 Å². The van der Waals surface area contributed by atoms with Crippen LogP contribution >= 0.6 is 0 Å². The molecular formula is C16H22N2O2. The van der Waals surface area contributed by atoms with Crippen LogP contribution in [0.3, 0.4) is 0 Å². The Morgan fingerprint density at radius 1 is 1.25 bits per heavy atom. The normalized spacial score (nSPS) is 11.4. The molecule has 108 valence electrons. The number of rotatable bonds is 8. The molecule has 0 aromatic heterocycles. The quantitative estimate of drug-likeness (QED) is 0.585. The van der Waals surface area contributed by atoms with Crippen molar-refractivity contribution >= 4 is 5.70 Å². The maximum absolute atomic E-state index is 8.90. The average Bonchev–Trinajstić information content (AvgIpc) is 2.45. The van der Waals surface area contributed by atoms with Crippen LogP contribution in [0.2, 0.25) is 0 Å². The molecule has 0 atom stereocenters. The Labute approximate surface area is 121 Å². The topological polar surface area (TPSA) is 54.3 Å². The Morgan fingerprint density at radius 3 is 2.35 bits per heavy atom. The number of nitrogens with zero attached hydrogens (tertiary/aromatic N) is 1. The number of benzene rings is 1. The lowest BCUT2D eigenvalue weighted by molar-refractivity contribution is -0.131. The zero-order valence-corrected chi connectivity index (χ0v) is 12.3. The SMILES string of the molecule is CCOC(CN/C(=C\C#N)c1ccc(C)cc1)OCC. The standard InChI is InChI=1S/C16H22N2O2/c1-4-19-16(20-5-2)12-18-15(10-11-17)14-8-6-13(3)7-9-14/h6-10,16,18H,4-5,12H2,1-3H3/b15-10-. The van der Waals surface area contributed by atoms with Crippen LogP contribution in [0.1, 0.15) is 25.0 Å². The van der Waals surface area contributed by atoms with Gasteiger partial charge in [0.2, 0.25) is 0 Å². The van der Waals surface area contributed by atoms with Crippen LogP contribution in [0, 0.1) is 18.3 Å². The van der Waals surface area contributed by atoms with E-state index in [1.54, 1.807) is 0 Å². The van der Waals surface area contributed by atoms with Gasteiger partial charge in [-0.3, -0.25) is 0 Å². The summed E-state index contributed by atoms with van der Waals surface area (Å²) in [5, 5.41) is 12.1. The summed E-state index contributed by atoms with van der Waals surface area (Å²) in [6.45, 7) is 7.58. The fraction of sp³-hybridized carbons (Fsp3) is 0.438. The molecule has 1 rings (SSSR count). The Kier molecular flexibility index (Phi) is 7.41. The minimum Gasteiger partial charge on any atom is -0.379 e. The summed E-state index contributed by atoms with van der Waals surface area (Å²) < 4.78 is 10.9. The van der Waals surface area contributed by atoms with Gasteiger partial charge in [0.25, 0.3) is 0 Å². The third-order valence-corrected chi connectivity index (χ3v) is 2.74. The lowest BCUT2D eigenvalue weighted by atomic mass is 10.1. The van der Waals surface area contributed by atoms with Gasteiger partial charge in [0.15, 0.2) is 6.29 Å². The molecule has 0 bridgehead atoms. The molecule has 1 aromatic carbocycles. The second-order valence-electron chi connectivity index (χ2n) is 4.27. The first-order valence-corrected chi connectivity index (χ1v) is 6.85. The van der Waals surface area contributed by atoms with Crippen molar-refractivity contribution in [2.75, 3.05) is 19.8 Å². The third kappa shape index (κ3) is 5.43. The van der Waals surface area contributed by atoms with Crippen molar-refractivity contribution in [3.8, 4) is 6.07 Å². The van der Waals surface area contributed by atoms with Crippen molar-refractivity contribution in [1.82, 2.24) is 5.32 Å². The van der Waals surface area contributed by atoms with Crippen LogP contribution in [-0.4, -0.2) is 26.0 Å². The van der Waals surface area contributed by atoms with Crippen LogP contribution in [0.5, 0.6) is 0 Å². The highest BCUT2D eigenvalue weighted by atomic mass is 16.7. The maximum atomic E-state index is 8.90. The molecule has 0 unspecified atom stereocenters. The van der Waals surface area contributed by atoms with Gasteiger partial charge < -0.3 is 14.8 Å². The van der Waals surface area contributed by atoms with Crippen LogP contribution in [0.15, 0.2) is 30.3 Å². The lowest BCUT2D eigenvalue weighted by Crippen LogP contribution is -2.30. The van der Waals surface area contributed by atoms with E-state index in [0.29, 0.717) is 19.8 Å². The molecular weight excluding hydrogens is 252 g/mol. The number of aryl methyl sites for hydroxylation is 1. The fourth-order valence-electron chi connectivity index (χ4n) is 1.77. The van der Waals surface area contributed by atoms with Crippen molar-refractivity contribution in [3.05, 3.63) is 41.5 Å². The molecule has 0 fully saturated rings. The molecule has 0 spiro atoms. The van der Waals surface area contributed by atoms with Crippen molar-refractivity contribution in [2.45, 2.75) is 27.1 Å². The van der Waals surface area contributed by atoms with E-state index in [4.69, 9.17) is 14.7 Å². The summed E-state index contributed by atoms with van der Waals surface area (Å²) in [5.74, 6) is 0. The molecule has 1 N–H and O–H groups in total. The Morgan fingerprint density at radius 2 is 1.85 bits per heavy atom. The molecule has 4 nitrogen and oxygen atoms in total. The first-order valence-electron chi connectivity index (χ1n) is 6.85. The molecule has 0 amide bonds. The number of ether oxygens (including phenoxy) is 2. The van der Waals surface area contributed by atoms with Crippen LogP contribution < -0.4 is 5.32 Å². The van der Waals surface area contributed by atoms with Gasteiger partial charge in [0.1, 0.15) is 0 Å². The predicted molar refractivity (Wildman–Crippen MR) is 79.8 cm³/mol. The zero-order valence-electron chi connectivity index (χ0n) is 12.3. The highest BCUT2D eigenvalue weighted by molar-refractivity contribution is 5.66. The number of allylic oxidation sites excluding steroid dienone is 1. The van der Waals surface area contributed by atoms with Gasteiger partial charge in [-0.05, 0) is 26.3 Å². The first kappa shape index (κ1) is 16.2. The van der Waals surface area contributed by atoms with Crippen molar-refractivity contribution < 1.29 is 9.47 Å². The zero-order chi connectivity index (χ0) is 14.8. The molecule has 0 saturated heterocycles. The van der Waals surface area contributed by atoms with E-state index in [2.05, 4.69) is 11.4 Å². The highest BCUT2D eigenvalue weighted by Gasteiger charge is 2.09. The third-order valence-electron chi connectivity index (χ3n) is 2.74. The van der Waals surface area contributed by atoms with Crippen LogP contribution in [-0.2, 0) is 9.47 Å². The van der Waals surface area contributed by atoms with Gasteiger partial charge in [-0.1, -0.05) is 29.8 Å². The summed E-state index contributed by atoms with van der Waals surface area (Å²) >= 11 is 0. The molecule has 0 heterocycles. The molecule has 0 saturated carbocycles. The van der Waals surface area contributed by atoms with Gasteiger partial charge in [0.05, 0.1) is 18.3 Å². The Bertz CT molecular complexity index is 454. The van der Waals surface area contributed by atoms with E-state index in [0.717, 1.165) is 11.3 Å². The summed E-state index contributed by atoms with van der Waals surface area (Å²) in [6, 6.07) is 10.1. The minimum absolute atomic E-state index is 0.308. The molecule has 0 radical (unpaired) electrons. The predicted octanol–water partition coefficient (Wildman–Crippen LogP) is 2.85. The fourth-order valence-corrected chi connectivity index (χ4v) is 1.77. The Balaban J connectivity index is 2.71. The number of hydrogen-bond acceptors (Lipinski definition) is 4. The highest BCUT2D eigenvalue weighted by Crippen LogP contribution is 2.12. The van der Waals surface area contributed by atoms with Gasteiger partial charge in [-0.15, -0.1) is 0 Å². The van der Waals surface area contributed by atoms with Crippen LogP contribution in [0.4, 0.5) is 0 Å². The minimum atomic E-state index is -0.308. The second kappa shape index (κ2) is 9.13. The van der Waals surface area contributed by atoms with Gasteiger partial charge >= 0.3 is 0 Å². The lowest BCUT2D eigenvalue weighted by Gasteiger charge is -2.19. The van der Waals surface area contributed by atoms with Gasteiger partial charge in [-0.2, -0.15) is 5.26 Å². The summed E-state index contributed by atoms with van der Waals surface area (Å²) in [4.78, 5) is 0. The number of hydrogen-bond donors (Lipinski definition) is 1. The van der Waals surface area contributed by atoms with E-state index in [9.17, 15) is 0 Å². The average molecular weight is 274 g/mol. The largest absolute Gasteiger partial charge is 0.379 e. The number of nitrogens with one attached hydrogen (secondary N) is 1. The molecule has 20 heavy (non-hydrogen) atoms. The molecule has 0 aliphatic heterocycles. The van der Waals surface area contributed by atoms with Crippen LogP contribution in [0.25, 0.3) is 5.70 Å². The van der Waals surface area contributed by atoms with Gasteiger partial charge in [0, 0.05) is 19.3 Å². The van der Waals surface area contributed by atoms with Crippen molar-refractivity contribution in [3.63, 3.8) is 0 Å². The monoisotopic (exact) mass is 274 g/mol. The van der Waals surface area contributed by atoms with E-state index < -0.39 is 0 Å². The first-order chi connectivity index (χ1) is 9.71. The molecule has 1 aromatic rings. The molecule has 0 aliphatic rings. The smallest absolute Gasteiger partial charge is 0.174 e. The van der Waals surface area contributed by atoms with E-state index in [1.165, 1.54) is 11.6 Å². The van der Waals surface area contributed by atoms with Gasteiger partial charge in [-0.25, -0.2) is 0 Å². The summed E-state index contributed by atoms with van der Waals surface area (Å²) in [5.41, 5.74) is 2.94. The van der Waals surface area contributed by atoms with Crippen molar-refractivity contribution in [1.29, 1.82) is 5.26 Å². The van der Waals surface area contributed by atoms with E-state index >= 15 is 0 Å². The molecule has 0 aliphatic carbocycles. The summed E-state index contributed by atoms with van der Waals surface area (Å²) in [6.07, 6.45) is 1.19. The Hall–Kier alpha value is -1.83. The van der Waals surface area contributed by atoms with E-state index in [1.807, 2.05) is 45.0 Å².